The van der Waals surface area contributed by atoms with Gasteiger partial charge in [-0.15, -0.1) is 11.3 Å². The molecule has 18 heavy (non-hydrogen) atoms. The number of carboxylic acid groups (broad SMARTS) is 1. The van der Waals surface area contributed by atoms with Crippen LogP contribution in [-0.2, 0) is 0 Å². The molecule has 1 aromatic heterocycles. The van der Waals surface area contributed by atoms with Gasteiger partial charge in [0.1, 0.15) is 0 Å². The third-order valence-electron chi connectivity index (χ3n) is 2.11. The molecule has 7 heteroatoms. The topological polar surface area (TPSA) is 79.3 Å². The van der Waals surface area contributed by atoms with Crippen LogP contribution in [0.3, 0.4) is 0 Å². The number of benzene rings is 1. The lowest BCUT2D eigenvalue weighted by atomic mass is 10.1. The van der Waals surface area contributed by atoms with Crippen LogP contribution < -0.4 is 5.32 Å². The van der Waals surface area contributed by atoms with Gasteiger partial charge in [0.25, 0.3) is 5.91 Å². The summed E-state index contributed by atoms with van der Waals surface area (Å²) in [5, 5.41) is 13.9. The van der Waals surface area contributed by atoms with E-state index in [4.69, 9.17) is 16.7 Å². The van der Waals surface area contributed by atoms with E-state index in [-0.39, 0.29) is 16.1 Å². The summed E-state index contributed by atoms with van der Waals surface area (Å²) in [5.41, 5.74) is -0.0985. The number of rotatable bonds is 3. The van der Waals surface area contributed by atoms with Gasteiger partial charge in [-0.25, -0.2) is 9.78 Å². The second-order valence-electron chi connectivity index (χ2n) is 3.29. The molecule has 0 atom stereocenters. The van der Waals surface area contributed by atoms with Gasteiger partial charge in [-0.3, -0.25) is 10.1 Å². The molecule has 2 aromatic rings. The van der Waals surface area contributed by atoms with E-state index in [1.807, 2.05) is 0 Å². The number of anilines is 1. The molecule has 2 rings (SSSR count). The summed E-state index contributed by atoms with van der Waals surface area (Å²) < 4.78 is 0. The lowest BCUT2D eigenvalue weighted by molar-refractivity contribution is 0.0692. The third kappa shape index (κ3) is 2.66. The van der Waals surface area contributed by atoms with E-state index < -0.39 is 11.9 Å². The number of nitrogens with one attached hydrogen (secondary N) is 1. The van der Waals surface area contributed by atoms with Gasteiger partial charge in [0, 0.05) is 16.6 Å². The van der Waals surface area contributed by atoms with Crippen molar-refractivity contribution in [1.29, 1.82) is 0 Å². The first kappa shape index (κ1) is 12.5. The first-order chi connectivity index (χ1) is 8.58. The number of halogens is 1. The quantitative estimate of drug-likeness (QED) is 0.907. The van der Waals surface area contributed by atoms with Gasteiger partial charge in [0.2, 0.25) is 0 Å². The van der Waals surface area contributed by atoms with Crippen molar-refractivity contribution < 1.29 is 14.7 Å². The number of thiazole rings is 1. The van der Waals surface area contributed by atoms with Gasteiger partial charge in [0.15, 0.2) is 5.13 Å². The van der Waals surface area contributed by atoms with Crippen molar-refractivity contribution in [2.45, 2.75) is 0 Å². The molecule has 1 amide bonds. The summed E-state index contributed by atoms with van der Waals surface area (Å²) in [7, 11) is 0. The Morgan fingerprint density at radius 2 is 2.11 bits per heavy atom. The molecule has 0 radical (unpaired) electrons. The lowest BCUT2D eigenvalue weighted by Crippen LogP contribution is -2.16. The molecule has 0 fully saturated rings. The molecule has 0 spiro atoms. The van der Waals surface area contributed by atoms with E-state index >= 15 is 0 Å². The Kier molecular flexibility index (Phi) is 3.59. The van der Waals surface area contributed by atoms with Crippen LogP contribution in [0.1, 0.15) is 20.7 Å². The molecule has 0 saturated heterocycles. The van der Waals surface area contributed by atoms with Crippen LogP contribution in [0, 0.1) is 0 Å². The minimum absolute atomic E-state index is 0.0436. The Bertz CT molecular complexity index is 598. The van der Waals surface area contributed by atoms with E-state index in [0.717, 1.165) is 0 Å². The summed E-state index contributed by atoms with van der Waals surface area (Å²) in [6, 6.07) is 4.07. The first-order valence-electron chi connectivity index (χ1n) is 4.81. The van der Waals surface area contributed by atoms with Crippen molar-refractivity contribution in [3.8, 4) is 0 Å². The second-order valence-corrected chi connectivity index (χ2v) is 4.62. The third-order valence-corrected chi connectivity index (χ3v) is 3.03. The lowest BCUT2D eigenvalue weighted by Gasteiger charge is -2.05. The van der Waals surface area contributed by atoms with Gasteiger partial charge in [0.05, 0.1) is 11.1 Å². The average molecular weight is 283 g/mol. The number of carboxylic acids is 1. The van der Waals surface area contributed by atoms with Crippen LogP contribution >= 0.6 is 22.9 Å². The number of aromatic carboxylic acids is 1. The number of carbonyl (C=O) groups excluding carboxylic acids is 1. The summed E-state index contributed by atoms with van der Waals surface area (Å²) in [5.74, 6) is -1.74. The van der Waals surface area contributed by atoms with Gasteiger partial charge in [-0.1, -0.05) is 11.6 Å². The summed E-state index contributed by atoms with van der Waals surface area (Å²) >= 11 is 6.95. The fourth-order valence-corrected chi connectivity index (χ4v) is 2.04. The van der Waals surface area contributed by atoms with Crippen LogP contribution in [0.4, 0.5) is 5.13 Å². The van der Waals surface area contributed by atoms with Crippen molar-refractivity contribution in [3.05, 3.63) is 45.9 Å². The van der Waals surface area contributed by atoms with Crippen LogP contribution in [-0.4, -0.2) is 22.0 Å². The predicted octanol–water partition coefficient (Wildman–Crippen LogP) is 2.75. The first-order valence-corrected chi connectivity index (χ1v) is 6.07. The smallest absolute Gasteiger partial charge is 0.336 e. The maximum absolute atomic E-state index is 11.9. The van der Waals surface area contributed by atoms with E-state index in [0.29, 0.717) is 5.13 Å². The molecule has 92 valence electrons. The van der Waals surface area contributed by atoms with Crippen molar-refractivity contribution in [2.75, 3.05) is 5.32 Å². The maximum Gasteiger partial charge on any atom is 0.336 e. The van der Waals surface area contributed by atoms with Crippen molar-refractivity contribution in [3.63, 3.8) is 0 Å². The molecular weight excluding hydrogens is 276 g/mol. The SMILES string of the molecule is O=C(O)c1cc(Cl)ccc1C(=O)Nc1nccs1. The van der Waals surface area contributed by atoms with Gasteiger partial charge < -0.3 is 5.11 Å². The van der Waals surface area contributed by atoms with Crippen LogP contribution in [0.5, 0.6) is 0 Å². The van der Waals surface area contributed by atoms with E-state index in [1.54, 1.807) is 11.6 Å². The molecule has 0 aliphatic rings. The fourth-order valence-electron chi connectivity index (χ4n) is 1.34. The predicted molar refractivity (Wildman–Crippen MR) is 68.5 cm³/mol. The van der Waals surface area contributed by atoms with Crippen molar-refractivity contribution >= 4 is 39.9 Å². The van der Waals surface area contributed by atoms with Crippen LogP contribution in [0.2, 0.25) is 5.02 Å². The monoisotopic (exact) mass is 282 g/mol. The zero-order chi connectivity index (χ0) is 13.1. The van der Waals surface area contributed by atoms with Gasteiger partial charge >= 0.3 is 5.97 Å². The van der Waals surface area contributed by atoms with E-state index in [2.05, 4.69) is 10.3 Å². The average Bonchev–Trinajstić information content (AvgIpc) is 2.81. The molecule has 1 aromatic carbocycles. The molecule has 0 saturated carbocycles. The highest BCUT2D eigenvalue weighted by Crippen LogP contribution is 2.18. The minimum atomic E-state index is -1.21. The Labute approximate surface area is 111 Å². The molecule has 0 aliphatic carbocycles. The zero-order valence-corrected chi connectivity index (χ0v) is 10.5. The Hall–Kier alpha value is -1.92. The van der Waals surface area contributed by atoms with Crippen LogP contribution in [0.25, 0.3) is 0 Å². The van der Waals surface area contributed by atoms with E-state index in [9.17, 15) is 9.59 Å². The number of amides is 1. The van der Waals surface area contributed by atoms with E-state index in [1.165, 1.54) is 29.5 Å². The molecule has 0 aliphatic heterocycles. The molecule has 2 N–H and O–H groups in total. The number of hydrogen-bond donors (Lipinski definition) is 2. The van der Waals surface area contributed by atoms with Gasteiger partial charge in [-0.05, 0) is 18.2 Å². The number of carbonyl (C=O) groups is 2. The molecule has 0 unspecified atom stereocenters. The highest BCUT2D eigenvalue weighted by atomic mass is 35.5. The standard InChI is InChI=1S/C11H7ClN2O3S/c12-6-1-2-7(8(5-6)10(16)17)9(15)14-11-13-3-4-18-11/h1-5H,(H,16,17)(H,13,14,15). The largest absolute Gasteiger partial charge is 0.478 e. The summed E-state index contributed by atoms with van der Waals surface area (Å²) in [4.78, 5) is 26.8. The number of aromatic nitrogens is 1. The molecular formula is C11H7ClN2O3S. The summed E-state index contributed by atoms with van der Waals surface area (Å²) in [6.45, 7) is 0. The minimum Gasteiger partial charge on any atom is -0.478 e. The second kappa shape index (κ2) is 5.16. The van der Waals surface area contributed by atoms with Crippen molar-refractivity contribution in [1.82, 2.24) is 4.98 Å². The highest BCUT2D eigenvalue weighted by molar-refractivity contribution is 7.13. The highest BCUT2D eigenvalue weighted by Gasteiger charge is 2.17. The molecule has 5 nitrogen and oxygen atoms in total. The fraction of sp³-hybridized carbons (Fsp3) is 0. The van der Waals surface area contributed by atoms with Crippen molar-refractivity contribution in [2.24, 2.45) is 0 Å². The van der Waals surface area contributed by atoms with Crippen LogP contribution in [0.15, 0.2) is 29.8 Å². The Balaban J connectivity index is 2.32. The zero-order valence-electron chi connectivity index (χ0n) is 8.88. The molecule has 1 heterocycles. The maximum atomic E-state index is 11.9. The normalized spacial score (nSPS) is 10.1. The Morgan fingerprint density at radius 1 is 1.33 bits per heavy atom. The summed E-state index contributed by atoms with van der Waals surface area (Å²) in [6.07, 6.45) is 1.54. The number of hydrogen-bond acceptors (Lipinski definition) is 4. The molecule has 0 bridgehead atoms. The van der Waals surface area contributed by atoms with Gasteiger partial charge in [-0.2, -0.15) is 0 Å². The number of nitrogens with zero attached hydrogens (tertiary/aromatic N) is 1. The Morgan fingerprint density at radius 3 is 2.72 bits per heavy atom.